The predicted molar refractivity (Wildman–Crippen MR) is 63.0 cm³/mol. The van der Waals surface area contributed by atoms with Crippen LogP contribution in [0.1, 0.15) is 19.8 Å². The first-order valence-electron chi connectivity index (χ1n) is 6.00. The van der Waals surface area contributed by atoms with Crippen molar-refractivity contribution >= 4 is 5.91 Å². The van der Waals surface area contributed by atoms with E-state index in [0.717, 1.165) is 32.6 Å². The largest absolute Gasteiger partial charge is 0.395 e. The number of hydrogen-bond donors (Lipinski definition) is 2. The Morgan fingerprint density at radius 3 is 2.75 bits per heavy atom. The summed E-state index contributed by atoms with van der Waals surface area (Å²) in [6.07, 6.45) is 1.41. The molecule has 5 nitrogen and oxygen atoms in total. The number of nitrogens with two attached hydrogens (primary N) is 1. The lowest BCUT2D eigenvalue weighted by atomic mass is 10.2. The van der Waals surface area contributed by atoms with Gasteiger partial charge in [-0.1, -0.05) is 0 Å². The standard InChI is InChI=1S/C11H23N3O2/c1-10(12)9-11(16)14-4-2-3-13(5-6-14)7-8-15/h10,15H,2-9,12H2,1H3. The molecular formula is C11H23N3O2. The average molecular weight is 229 g/mol. The van der Waals surface area contributed by atoms with E-state index in [4.69, 9.17) is 10.8 Å². The Labute approximate surface area is 97.2 Å². The zero-order valence-electron chi connectivity index (χ0n) is 10.1. The van der Waals surface area contributed by atoms with E-state index >= 15 is 0 Å². The van der Waals surface area contributed by atoms with Crippen LogP contribution in [0.4, 0.5) is 0 Å². The Morgan fingerprint density at radius 2 is 2.12 bits per heavy atom. The maximum absolute atomic E-state index is 11.8. The van der Waals surface area contributed by atoms with Crippen molar-refractivity contribution in [1.29, 1.82) is 0 Å². The van der Waals surface area contributed by atoms with E-state index < -0.39 is 0 Å². The summed E-state index contributed by atoms with van der Waals surface area (Å²) in [5, 5.41) is 8.87. The van der Waals surface area contributed by atoms with Gasteiger partial charge in [0.15, 0.2) is 0 Å². The number of amides is 1. The molecule has 0 aromatic rings. The molecule has 1 heterocycles. The van der Waals surface area contributed by atoms with Crippen LogP contribution < -0.4 is 5.73 Å². The zero-order valence-corrected chi connectivity index (χ0v) is 10.1. The zero-order chi connectivity index (χ0) is 12.0. The minimum absolute atomic E-state index is 0.0655. The molecule has 3 N–H and O–H groups in total. The number of aliphatic hydroxyl groups is 1. The van der Waals surface area contributed by atoms with Gasteiger partial charge in [0.1, 0.15) is 0 Å². The van der Waals surface area contributed by atoms with Crippen molar-refractivity contribution in [2.75, 3.05) is 39.3 Å². The number of hydrogen-bond acceptors (Lipinski definition) is 4. The van der Waals surface area contributed by atoms with Gasteiger partial charge in [0.2, 0.25) is 5.91 Å². The molecule has 0 radical (unpaired) electrons. The summed E-state index contributed by atoms with van der Waals surface area (Å²) in [6, 6.07) is -0.0655. The number of aliphatic hydroxyl groups excluding tert-OH is 1. The number of nitrogens with zero attached hydrogens (tertiary/aromatic N) is 2. The van der Waals surface area contributed by atoms with Gasteiger partial charge >= 0.3 is 0 Å². The highest BCUT2D eigenvalue weighted by atomic mass is 16.3. The van der Waals surface area contributed by atoms with E-state index in [-0.39, 0.29) is 18.6 Å². The van der Waals surface area contributed by atoms with E-state index in [1.54, 1.807) is 0 Å². The van der Waals surface area contributed by atoms with Gasteiger partial charge in [-0.05, 0) is 19.9 Å². The van der Waals surface area contributed by atoms with Gasteiger partial charge in [0.05, 0.1) is 6.61 Å². The fraction of sp³-hybridized carbons (Fsp3) is 0.909. The lowest BCUT2D eigenvalue weighted by molar-refractivity contribution is -0.131. The second-order valence-electron chi connectivity index (χ2n) is 4.48. The van der Waals surface area contributed by atoms with Crippen LogP contribution in [-0.4, -0.2) is 66.2 Å². The maximum atomic E-state index is 11.8. The maximum Gasteiger partial charge on any atom is 0.224 e. The van der Waals surface area contributed by atoms with Crippen molar-refractivity contribution in [2.24, 2.45) is 5.73 Å². The molecule has 0 bridgehead atoms. The van der Waals surface area contributed by atoms with Crippen LogP contribution in [0.2, 0.25) is 0 Å². The molecule has 1 unspecified atom stereocenters. The summed E-state index contributed by atoms with van der Waals surface area (Å²) in [5.74, 6) is 0.154. The molecule has 1 atom stereocenters. The molecule has 0 saturated carbocycles. The van der Waals surface area contributed by atoms with Gasteiger partial charge in [-0.3, -0.25) is 9.69 Å². The normalized spacial score (nSPS) is 20.6. The van der Waals surface area contributed by atoms with E-state index in [1.807, 2.05) is 11.8 Å². The van der Waals surface area contributed by atoms with Crippen LogP contribution in [0.5, 0.6) is 0 Å². The Kier molecular flexibility index (Phi) is 5.73. The molecule has 1 rings (SSSR count). The van der Waals surface area contributed by atoms with Crippen molar-refractivity contribution < 1.29 is 9.90 Å². The quantitative estimate of drug-likeness (QED) is 0.665. The van der Waals surface area contributed by atoms with Gasteiger partial charge in [0.25, 0.3) is 0 Å². The molecule has 0 aromatic carbocycles. The minimum Gasteiger partial charge on any atom is -0.395 e. The van der Waals surface area contributed by atoms with Gasteiger partial charge in [-0.15, -0.1) is 0 Å². The highest BCUT2D eigenvalue weighted by molar-refractivity contribution is 5.76. The van der Waals surface area contributed by atoms with Crippen LogP contribution in [0.15, 0.2) is 0 Å². The van der Waals surface area contributed by atoms with Crippen molar-refractivity contribution in [2.45, 2.75) is 25.8 Å². The molecular weight excluding hydrogens is 206 g/mol. The van der Waals surface area contributed by atoms with Gasteiger partial charge in [-0.2, -0.15) is 0 Å². The third kappa shape index (κ3) is 4.47. The number of rotatable bonds is 4. The first-order chi connectivity index (χ1) is 7.63. The summed E-state index contributed by atoms with van der Waals surface area (Å²) >= 11 is 0. The van der Waals surface area contributed by atoms with Crippen LogP contribution in [0.25, 0.3) is 0 Å². The lowest BCUT2D eigenvalue weighted by Crippen LogP contribution is -2.38. The Bertz CT molecular complexity index is 221. The summed E-state index contributed by atoms with van der Waals surface area (Å²) in [6.45, 7) is 6.13. The summed E-state index contributed by atoms with van der Waals surface area (Å²) in [4.78, 5) is 15.9. The predicted octanol–water partition coefficient (Wildman–Crippen LogP) is -0.750. The highest BCUT2D eigenvalue weighted by Gasteiger charge is 2.19. The molecule has 16 heavy (non-hydrogen) atoms. The monoisotopic (exact) mass is 229 g/mol. The summed E-state index contributed by atoms with van der Waals surface area (Å²) < 4.78 is 0. The van der Waals surface area contributed by atoms with Crippen molar-refractivity contribution in [3.05, 3.63) is 0 Å². The van der Waals surface area contributed by atoms with Gasteiger partial charge in [0, 0.05) is 38.6 Å². The molecule has 0 spiro atoms. The molecule has 94 valence electrons. The highest BCUT2D eigenvalue weighted by Crippen LogP contribution is 2.05. The fourth-order valence-electron chi connectivity index (χ4n) is 1.99. The van der Waals surface area contributed by atoms with E-state index in [9.17, 15) is 4.79 Å². The molecule has 1 amide bonds. The third-order valence-electron chi connectivity index (χ3n) is 2.85. The molecule has 1 fully saturated rings. The lowest BCUT2D eigenvalue weighted by Gasteiger charge is -2.22. The van der Waals surface area contributed by atoms with E-state index in [0.29, 0.717) is 13.0 Å². The smallest absolute Gasteiger partial charge is 0.224 e. The fourth-order valence-corrected chi connectivity index (χ4v) is 1.99. The molecule has 1 aliphatic rings. The Balaban J connectivity index is 2.37. The number of carbonyl (C=O) groups excluding carboxylic acids is 1. The third-order valence-corrected chi connectivity index (χ3v) is 2.85. The topological polar surface area (TPSA) is 69.8 Å². The molecule has 0 aliphatic carbocycles. The first-order valence-corrected chi connectivity index (χ1v) is 6.00. The second-order valence-corrected chi connectivity index (χ2v) is 4.48. The van der Waals surface area contributed by atoms with E-state index in [2.05, 4.69) is 4.90 Å². The van der Waals surface area contributed by atoms with E-state index in [1.165, 1.54) is 0 Å². The van der Waals surface area contributed by atoms with Crippen molar-refractivity contribution in [3.8, 4) is 0 Å². The SMILES string of the molecule is CC(N)CC(=O)N1CCCN(CCO)CC1. The molecule has 1 saturated heterocycles. The molecule has 5 heteroatoms. The molecule has 1 aliphatic heterocycles. The summed E-state index contributed by atoms with van der Waals surface area (Å²) in [5.41, 5.74) is 5.62. The second kappa shape index (κ2) is 6.83. The van der Waals surface area contributed by atoms with Gasteiger partial charge in [-0.25, -0.2) is 0 Å². The van der Waals surface area contributed by atoms with Crippen LogP contribution in [0.3, 0.4) is 0 Å². The Morgan fingerprint density at radius 1 is 1.38 bits per heavy atom. The van der Waals surface area contributed by atoms with Crippen LogP contribution >= 0.6 is 0 Å². The van der Waals surface area contributed by atoms with Gasteiger partial charge < -0.3 is 15.7 Å². The van der Waals surface area contributed by atoms with Crippen LogP contribution in [-0.2, 0) is 4.79 Å². The number of carbonyl (C=O) groups is 1. The Hall–Kier alpha value is -0.650. The minimum atomic E-state index is -0.0655. The first kappa shape index (κ1) is 13.4. The van der Waals surface area contributed by atoms with Crippen LogP contribution in [0, 0.1) is 0 Å². The summed E-state index contributed by atoms with van der Waals surface area (Å²) in [7, 11) is 0. The average Bonchev–Trinajstić information content (AvgIpc) is 2.43. The van der Waals surface area contributed by atoms with Crippen molar-refractivity contribution in [1.82, 2.24) is 9.80 Å². The van der Waals surface area contributed by atoms with Crippen molar-refractivity contribution in [3.63, 3.8) is 0 Å². The number of β-amino-alcohol motifs (C(OH)–C–C–N with tert-alkyl or cyclic N) is 1. The molecule has 0 aromatic heterocycles.